The second kappa shape index (κ2) is 5.83. The van der Waals surface area contributed by atoms with Crippen molar-refractivity contribution in [2.75, 3.05) is 0 Å². The van der Waals surface area contributed by atoms with Crippen LogP contribution < -0.4 is 5.11 Å². The largest absolute Gasteiger partial charge is 0.549 e. The van der Waals surface area contributed by atoms with E-state index in [-0.39, 0.29) is 0 Å². The molecule has 1 aromatic carbocycles. The van der Waals surface area contributed by atoms with Crippen LogP contribution in [0, 0.1) is 0 Å². The molecule has 0 fully saturated rings. The first-order chi connectivity index (χ1) is 10.2. The number of hydrogen-bond donors (Lipinski definition) is 0. The Balaban J connectivity index is 2.13. The summed E-state index contributed by atoms with van der Waals surface area (Å²) in [7, 11) is 0. The van der Waals surface area contributed by atoms with Crippen molar-refractivity contribution in [3.8, 4) is 11.1 Å². The number of aliphatic carboxylic acids is 1. The number of benzene rings is 1. The first-order valence-electron chi connectivity index (χ1n) is 6.32. The van der Waals surface area contributed by atoms with E-state index in [9.17, 15) is 9.90 Å². The number of hydrogen-bond acceptors (Lipinski definition) is 6. The molecule has 106 valence electrons. The monoisotopic (exact) mass is 315 g/mol. The van der Waals surface area contributed by atoms with Crippen LogP contribution in [0.2, 0.25) is 0 Å². The molecule has 3 aromatic rings. The molecule has 0 aliphatic heterocycles. The summed E-state index contributed by atoms with van der Waals surface area (Å²) in [6.07, 6.45) is 1.47. The molecule has 0 unspecified atom stereocenters. The van der Waals surface area contributed by atoms with Crippen LogP contribution in [0.25, 0.3) is 21.3 Å². The van der Waals surface area contributed by atoms with Crippen LogP contribution in [0.4, 0.5) is 0 Å². The van der Waals surface area contributed by atoms with Gasteiger partial charge in [0.2, 0.25) is 0 Å². The number of aromatic nitrogens is 2. The van der Waals surface area contributed by atoms with Gasteiger partial charge in [-0.25, -0.2) is 9.97 Å². The fourth-order valence-corrected chi connectivity index (χ4v) is 3.83. The quantitative estimate of drug-likeness (QED) is 0.547. The summed E-state index contributed by atoms with van der Waals surface area (Å²) in [6.45, 7) is 1.60. The average molecular weight is 315 g/mol. The normalized spacial score (nSPS) is 12.4. The number of carboxylic acid groups (broad SMARTS) is 1. The van der Waals surface area contributed by atoms with Gasteiger partial charge in [-0.05, 0) is 12.5 Å². The SMILES string of the molecule is C[C@@H](Sc1ncnc2scc(-c3ccccc3)c12)C(=O)[O-]. The second-order valence-electron chi connectivity index (χ2n) is 4.45. The Hall–Kier alpha value is -1.92. The molecule has 2 aromatic heterocycles. The predicted octanol–water partition coefficient (Wildman–Crippen LogP) is 2.59. The molecule has 0 radical (unpaired) electrons. The molecule has 4 nitrogen and oxygen atoms in total. The number of carbonyl (C=O) groups excluding carboxylic acids is 1. The van der Waals surface area contributed by atoms with Gasteiger partial charge in [-0.1, -0.05) is 42.1 Å². The van der Waals surface area contributed by atoms with Gasteiger partial charge in [-0.2, -0.15) is 0 Å². The van der Waals surface area contributed by atoms with Crippen molar-refractivity contribution in [3.05, 3.63) is 42.0 Å². The van der Waals surface area contributed by atoms with E-state index in [0.29, 0.717) is 5.03 Å². The molecule has 2 heterocycles. The van der Waals surface area contributed by atoms with Crippen molar-refractivity contribution in [1.29, 1.82) is 0 Å². The molecule has 21 heavy (non-hydrogen) atoms. The highest BCUT2D eigenvalue weighted by Gasteiger charge is 2.15. The van der Waals surface area contributed by atoms with Crippen LogP contribution in [-0.4, -0.2) is 21.2 Å². The summed E-state index contributed by atoms with van der Waals surface area (Å²) in [5.41, 5.74) is 2.10. The number of thioether (sulfide) groups is 1. The molecule has 1 atom stereocenters. The van der Waals surface area contributed by atoms with Crippen LogP contribution in [-0.2, 0) is 4.79 Å². The van der Waals surface area contributed by atoms with Gasteiger partial charge in [0.15, 0.2) is 0 Å². The lowest BCUT2D eigenvalue weighted by atomic mass is 10.1. The Labute approximate surface area is 129 Å². The molecule has 0 saturated heterocycles. The molecule has 0 amide bonds. The molecule has 0 N–H and O–H groups in total. The van der Waals surface area contributed by atoms with E-state index in [4.69, 9.17) is 0 Å². The zero-order chi connectivity index (χ0) is 14.8. The standard InChI is InChI=1S/C15H12N2O2S2/c1-9(15(18)19)21-14-12-11(10-5-3-2-4-6-10)7-20-13(12)16-8-17-14/h2-9H,1H3,(H,18,19)/p-1/t9-/m1/s1. The van der Waals surface area contributed by atoms with E-state index in [0.717, 1.165) is 21.3 Å². The molecule has 0 bridgehead atoms. The molecule has 0 spiro atoms. The Bertz CT molecular complexity index is 787. The molecule has 6 heteroatoms. The third kappa shape index (κ3) is 2.77. The highest BCUT2D eigenvalue weighted by atomic mass is 32.2. The van der Waals surface area contributed by atoms with Gasteiger partial charge >= 0.3 is 0 Å². The Morgan fingerprint density at radius 1 is 1.29 bits per heavy atom. The summed E-state index contributed by atoms with van der Waals surface area (Å²) < 4.78 is 0. The minimum atomic E-state index is -1.09. The summed E-state index contributed by atoms with van der Waals surface area (Å²) in [5, 5.41) is 13.9. The molecule has 0 aliphatic carbocycles. The van der Waals surface area contributed by atoms with E-state index in [1.807, 2.05) is 35.7 Å². The van der Waals surface area contributed by atoms with Gasteiger partial charge in [0.05, 0.1) is 11.4 Å². The van der Waals surface area contributed by atoms with E-state index >= 15 is 0 Å². The highest BCUT2D eigenvalue weighted by molar-refractivity contribution is 8.00. The van der Waals surface area contributed by atoms with Gasteiger partial charge in [-0.15, -0.1) is 11.3 Å². The Morgan fingerprint density at radius 2 is 2.05 bits per heavy atom. The van der Waals surface area contributed by atoms with Crippen LogP contribution in [0.1, 0.15) is 6.92 Å². The first-order valence-corrected chi connectivity index (χ1v) is 8.08. The van der Waals surface area contributed by atoms with Gasteiger partial charge in [0.1, 0.15) is 16.2 Å². The van der Waals surface area contributed by atoms with Crippen molar-refractivity contribution in [3.63, 3.8) is 0 Å². The predicted molar refractivity (Wildman–Crippen MR) is 83.2 cm³/mol. The number of fused-ring (bicyclic) bond motifs is 1. The van der Waals surface area contributed by atoms with Crippen molar-refractivity contribution in [2.24, 2.45) is 0 Å². The molecular weight excluding hydrogens is 304 g/mol. The highest BCUT2D eigenvalue weighted by Crippen LogP contribution is 2.38. The summed E-state index contributed by atoms with van der Waals surface area (Å²) >= 11 is 2.72. The molecule has 0 saturated carbocycles. The first kappa shape index (κ1) is 14.0. The van der Waals surface area contributed by atoms with Gasteiger partial charge in [0.25, 0.3) is 0 Å². The van der Waals surface area contributed by atoms with Gasteiger partial charge < -0.3 is 9.90 Å². The van der Waals surface area contributed by atoms with Crippen molar-refractivity contribution >= 4 is 39.3 Å². The molecule has 0 aliphatic rings. The maximum absolute atomic E-state index is 11.0. The summed E-state index contributed by atoms with van der Waals surface area (Å²) in [4.78, 5) is 20.3. The van der Waals surface area contributed by atoms with E-state index in [1.54, 1.807) is 6.92 Å². The van der Waals surface area contributed by atoms with Crippen molar-refractivity contribution in [2.45, 2.75) is 17.2 Å². The van der Waals surface area contributed by atoms with E-state index in [2.05, 4.69) is 9.97 Å². The lowest BCUT2D eigenvalue weighted by Crippen LogP contribution is -2.31. The number of nitrogens with zero attached hydrogens (tertiary/aromatic N) is 2. The van der Waals surface area contributed by atoms with Crippen molar-refractivity contribution in [1.82, 2.24) is 9.97 Å². The van der Waals surface area contributed by atoms with E-state index < -0.39 is 11.2 Å². The minimum Gasteiger partial charge on any atom is -0.549 e. The maximum atomic E-state index is 11.0. The fraction of sp³-hybridized carbons (Fsp3) is 0.133. The summed E-state index contributed by atoms with van der Waals surface area (Å²) in [5.74, 6) is -1.09. The molecule has 3 rings (SSSR count). The van der Waals surface area contributed by atoms with Crippen LogP contribution in [0.3, 0.4) is 0 Å². The lowest BCUT2D eigenvalue weighted by molar-refractivity contribution is -0.304. The van der Waals surface area contributed by atoms with E-state index in [1.165, 1.54) is 29.4 Å². The second-order valence-corrected chi connectivity index (χ2v) is 6.64. The number of carbonyl (C=O) groups is 1. The smallest absolute Gasteiger partial charge is 0.128 e. The minimum absolute atomic E-state index is 0.661. The fourth-order valence-electron chi connectivity index (χ4n) is 1.98. The Morgan fingerprint density at radius 3 is 2.76 bits per heavy atom. The molecular formula is C15H11N2O2S2-. The third-order valence-electron chi connectivity index (χ3n) is 3.04. The van der Waals surface area contributed by atoms with Crippen LogP contribution >= 0.6 is 23.1 Å². The zero-order valence-electron chi connectivity index (χ0n) is 11.1. The Kier molecular flexibility index (Phi) is 3.90. The topological polar surface area (TPSA) is 65.9 Å². The van der Waals surface area contributed by atoms with Crippen molar-refractivity contribution < 1.29 is 9.90 Å². The number of carboxylic acids is 1. The summed E-state index contributed by atoms with van der Waals surface area (Å²) in [6, 6.07) is 9.94. The third-order valence-corrected chi connectivity index (χ3v) is 5.01. The van der Waals surface area contributed by atoms with Crippen LogP contribution in [0.15, 0.2) is 47.1 Å². The average Bonchev–Trinajstić information content (AvgIpc) is 2.93. The maximum Gasteiger partial charge on any atom is 0.128 e. The zero-order valence-corrected chi connectivity index (χ0v) is 12.8. The van der Waals surface area contributed by atoms with Gasteiger partial charge in [-0.3, -0.25) is 0 Å². The number of rotatable bonds is 4. The van der Waals surface area contributed by atoms with Gasteiger partial charge in [0, 0.05) is 16.2 Å². The lowest BCUT2D eigenvalue weighted by Gasteiger charge is -2.12. The number of thiophene rings is 1. The van der Waals surface area contributed by atoms with Crippen LogP contribution in [0.5, 0.6) is 0 Å².